The second-order valence-corrected chi connectivity index (χ2v) is 7.16. The molecule has 0 unspecified atom stereocenters. The van der Waals surface area contributed by atoms with Gasteiger partial charge in [-0.15, -0.1) is 0 Å². The van der Waals surface area contributed by atoms with Gasteiger partial charge in [0, 0.05) is 47.9 Å². The van der Waals surface area contributed by atoms with E-state index in [-0.39, 0.29) is 11.8 Å². The van der Waals surface area contributed by atoms with Crippen molar-refractivity contribution in [1.82, 2.24) is 9.47 Å². The molecule has 2 amide bonds. The third-order valence-electron chi connectivity index (χ3n) is 5.40. The Morgan fingerprint density at radius 1 is 1.10 bits per heavy atom. The number of nitrogens with zero attached hydrogens (tertiary/aromatic N) is 2. The van der Waals surface area contributed by atoms with E-state index in [0.717, 1.165) is 34.3 Å². The highest BCUT2D eigenvalue weighted by Gasteiger charge is 2.16. The summed E-state index contributed by atoms with van der Waals surface area (Å²) in [7, 11) is 0. The van der Waals surface area contributed by atoms with Crippen molar-refractivity contribution in [3.8, 4) is 5.75 Å². The van der Waals surface area contributed by atoms with Crippen LogP contribution < -0.4 is 10.1 Å². The number of anilines is 1. The van der Waals surface area contributed by atoms with Gasteiger partial charge in [0.05, 0.1) is 6.61 Å². The number of likely N-dealkylation sites (N-methyl/N-ethyl adjacent to an activating group) is 1. The molecular formula is C23H25N3O3. The van der Waals surface area contributed by atoms with Gasteiger partial charge in [0.2, 0.25) is 5.91 Å². The molecule has 3 aromatic rings. The van der Waals surface area contributed by atoms with Gasteiger partial charge in [-0.05, 0) is 61.9 Å². The van der Waals surface area contributed by atoms with E-state index in [1.165, 1.54) is 0 Å². The van der Waals surface area contributed by atoms with Crippen LogP contribution in [0.15, 0.2) is 48.7 Å². The van der Waals surface area contributed by atoms with Crippen LogP contribution in [0.1, 0.15) is 29.8 Å². The third kappa shape index (κ3) is 3.83. The summed E-state index contributed by atoms with van der Waals surface area (Å²) in [4.78, 5) is 26.9. The van der Waals surface area contributed by atoms with Crippen molar-refractivity contribution in [1.29, 1.82) is 0 Å². The molecule has 0 saturated carbocycles. The van der Waals surface area contributed by atoms with Crippen LogP contribution in [0.25, 0.3) is 10.9 Å². The number of carbonyl (C=O) groups is 2. The van der Waals surface area contributed by atoms with Crippen molar-refractivity contribution in [3.05, 3.63) is 59.8 Å². The Kier molecular flexibility index (Phi) is 5.25. The maximum atomic E-state index is 12.6. The van der Waals surface area contributed by atoms with Gasteiger partial charge in [-0.25, -0.2) is 0 Å². The monoisotopic (exact) mass is 391 g/mol. The first-order valence-electron chi connectivity index (χ1n) is 10.0. The van der Waals surface area contributed by atoms with Crippen LogP contribution in [0, 0.1) is 0 Å². The fourth-order valence-electron chi connectivity index (χ4n) is 3.77. The normalized spacial score (nSPS) is 12.5. The summed E-state index contributed by atoms with van der Waals surface area (Å²) in [5.74, 6) is 0.823. The average Bonchev–Trinajstić information content (AvgIpc) is 3.35. The summed E-state index contributed by atoms with van der Waals surface area (Å²) in [6.45, 7) is 6.37. The number of hydrogen-bond donors (Lipinski definition) is 1. The first-order valence-corrected chi connectivity index (χ1v) is 10.0. The van der Waals surface area contributed by atoms with Gasteiger partial charge in [-0.1, -0.05) is 0 Å². The second kappa shape index (κ2) is 7.99. The van der Waals surface area contributed by atoms with E-state index < -0.39 is 0 Å². The summed E-state index contributed by atoms with van der Waals surface area (Å²) in [5.41, 5.74) is 3.39. The lowest BCUT2D eigenvalue weighted by molar-refractivity contribution is -0.131. The van der Waals surface area contributed by atoms with Crippen LogP contribution in [-0.4, -0.2) is 41.0 Å². The van der Waals surface area contributed by atoms with Gasteiger partial charge in [0.15, 0.2) is 0 Å². The molecule has 0 bridgehead atoms. The molecule has 1 aromatic heterocycles. The minimum Gasteiger partial charge on any atom is -0.493 e. The van der Waals surface area contributed by atoms with Crippen LogP contribution in [0.2, 0.25) is 0 Å². The van der Waals surface area contributed by atoms with Crippen molar-refractivity contribution >= 4 is 28.4 Å². The van der Waals surface area contributed by atoms with E-state index in [2.05, 4.69) is 5.32 Å². The lowest BCUT2D eigenvalue weighted by Crippen LogP contribution is -2.33. The smallest absolute Gasteiger partial charge is 0.255 e. The van der Waals surface area contributed by atoms with Crippen LogP contribution in [0.4, 0.5) is 5.69 Å². The molecule has 4 rings (SSSR count). The lowest BCUT2D eigenvalue weighted by atomic mass is 10.1. The van der Waals surface area contributed by atoms with E-state index in [0.29, 0.717) is 31.8 Å². The Bertz CT molecular complexity index is 1070. The van der Waals surface area contributed by atoms with Crippen LogP contribution in [-0.2, 0) is 17.8 Å². The molecule has 1 N–H and O–H groups in total. The van der Waals surface area contributed by atoms with Crippen molar-refractivity contribution < 1.29 is 14.3 Å². The summed E-state index contributed by atoms with van der Waals surface area (Å²) >= 11 is 0. The molecule has 0 spiro atoms. The third-order valence-corrected chi connectivity index (χ3v) is 5.40. The van der Waals surface area contributed by atoms with Crippen LogP contribution in [0.3, 0.4) is 0 Å². The molecule has 0 atom stereocenters. The Morgan fingerprint density at radius 3 is 2.72 bits per heavy atom. The number of nitrogens with one attached hydrogen (secondary N) is 1. The van der Waals surface area contributed by atoms with Gasteiger partial charge in [0.25, 0.3) is 5.91 Å². The lowest BCUT2D eigenvalue weighted by Gasteiger charge is -2.19. The Balaban J connectivity index is 1.49. The first-order chi connectivity index (χ1) is 14.1. The number of benzene rings is 2. The second-order valence-electron chi connectivity index (χ2n) is 7.16. The molecule has 0 aliphatic carbocycles. The highest BCUT2D eigenvalue weighted by atomic mass is 16.5. The van der Waals surface area contributed by atoms with E-state index in [1.807, 2.05) is 65.9 Å². The Labute approximate surface area is 170 Å². The molecule has 2 heterocycles. The maximum Gasteiger partial charge on any atom is 0.255 e. The summed E-state index contributed by atoms with van der Waals surface area (Å²) < 4.78 is 7.44. The zero-order valence-corrected chi connectivity index (χ0v) is 16.8. The van der Waals surface area contributed by atoms with Gasteiger partial charge in [0.1, 0.15) is 12.3 Å². The largest absolute Gasteiger partial charge is 0.493 e. The number of carbonyl (C=O) groups excluding carboxylic acids is 2. The Hall–Kier alpha value is -3.28. The predicted molar refractivity (Wildman–Crippen MR) is 113 cm³/mol. The molecular weight excluding hydrogens is 366 g/mol. The molecule has 150 valence electrons. The van der Waals surface area contributed by atoms with Crippen molar-refractivity contribution in [2.24, 2.45) is 0 Å². The molecule has 6 nitrogen and oxygen atoms in total. The van der Waals surface area contributed by atoms with Crippen LogP contribution >= 0.6 is 0 Å². The van der Waals surface area contributed by atoms with Crippen molar-refractivity contribution in [3.63, 3.8) is 0 Å². The number of amides is 2. The maximum absolute atomic E-state index is 12.6. The fraction of sp³-hybridized carbons (Fsp3) is 0.304. The zero-order chi connectivity index (χ0) is 20.4. The van der Waals surface area contributed by atoms with Crippen LogP contribution in [0.5, 0.6) is 5.75 Å². The molecule has 2 aromatic carbocycles. The molecule has 0 radical (unpaired) electrons. The van der Waals surface area contributed by atoms with Crippen molar-refractivity contribution in [2.75, 3.05) is 25.0 Å². The number of hydrogen-bond acceptors (Lipinski definition) is 3. The quantitative estimate of drug-likeness (QED) is 0.697. The SMILES string of the molecule is CCN(CC)C(=O)Cn1ccc2cc(NC(=O)c3ccc4c(c3)CCO4)ccc21. The zero-order valence-electron chi connectivity index (χ0n) is 16.8. The molecule has 1 aliphatic heterocycles. The van der Waals surface area contributed by atoms with E-state index >= 15 is 0 Å². The molecule has 1 aliphatic rings. The van der Waals surface area contributed by atoms with E-state index in [9.17, 15) is 9.59 Å². The predicted octanol–water partition coefficient (Wildman–Crippen LogP) is 3.70. The van der Waals surface area contributed by atoms with E-state index in [1.54, 1.807) is 6.07 Å². The highest BCUT2D eigenvalue weighted by Crippen LogP contribution is 2.27. The fourth-order valence-corrected chi connectivity index (χ4v) is 3.77. The first kappa shape index (κ1) is 19.1. The number of fused-ring (bicyclic) bond motifs is 2. The van der Waals surface area contributed by atoms with Crippen molar-refractivity contribution in [2.45, 2.75) is 26.8 Å². The average molecular weight is 391 g/mol. The molecule has 0 saturated heterocycles. The summed E-state index contributed by atoms with van der Waals surface area (Å²) in [5, 5.41) is 3.95. The minimum absolute atomic E-state index is 0.102. The molecule has 29 heavy (non-hydrogen) atoms. The van der Waals surface area contributed by atoms with Gasteiger partial charge >= 0.3 is 0 Å². The van der Waals surface area contributed by atoms with E-state index in [4.69, 9.17) is 4.74 Å². The Morgan fingerprint density at radius 2 is 1.93 bits per heavy atom. The summed E-state index contributed by atoms with van der Waals surface area (Å²) in [6, 6.07) is 13.2. The molecule has 0 fully saturated rings. The number of rotatable bonds is 6. The minimum atomic E-state index is -0.143. The topological polar surface area (TPSA) is 63.6 Å². The number of aromatic nitrogens is 1. The number of ether oxygens (including phenoxy) is 1. The summed E-state index contributed by atoms with van der Waals surface area (Å²) in [6.07, 6.45) is 2.75. The standard InChI is InChI=1S/C23H25N3O3/c1-3-25(4-2)22(27)15-26-11-9-16-14-19(6-7-20(16)26)24-23(28)18-5-8-21-17(13-18)10-12-29-21/h5-9,11,13-14H,3-4,10,12,15H2,1-2H3,(H,24,28). The highest BCUT2D eigenvalue weighted by molar-refractivity contribution is 6.05. The van der Waals surface area contributed by atoms with Gasteiger partial charge < -0.3 is 19.5 Å². The molecule has 6 heteroatoms. The van der Waals surface area contributed by atoms with Gasteiger partial charge in [-0.3, -0.25) is 9.59 Å². The van der Waals surface area contributed by atoms with Gasteiger partial charge in [-0.2, -0.15) is 0 Å².